The van der Waals surface area contributed by atoms with E-state index in [0.717, 1.165) is 5.56 Å². The van der Waals surface area contributed by atoms with Gasteiger partial charge in [-0.2, -0.15) is 0 Å². The summed E-state index contributed by atoms with van der Waals surface area (Å²) in [4.78, 5) is 27.5. The number of likely N-dealkylation sites (N-methyl/N-ethyl adjacent to an activating group) is 1. The van der Waals surface area contributed by atoms with Crippen LogP contribution in [0.25, 0.3) is 0 Å². The van der Waals surface area contributed by atoms with Gasteiger partial charge in [-0.15, -0.1) is 0 Å². The van der Waals surface area contributed by atoms with E-state index in [1.54, 1.807) is 46.4 Å². The number of amides is 2. The largest absolute Gasteiger partial charge is 0.497 e. The summed E-state index contributed by atoms with van der Waals surface area (Å²) in [5.41, 5.74) is 2.38. The van der Waals surface area contributed by atoms with Gasteiger partial charge in [0, 0.05) is 13.1 Å². The summed E-state index contributed by atoms with van der Waals surface area (Å²) in [5.74, 6) is 1.49. The molecular formula is C26H32N2O6. The van der Waals surface area contributed by atoms with Crippen LogP contribution < -0.4 is 19.5 Å². The van der Waals surface area contributed by atoms with Crippen molar-refractivity contribution in [3.63, 3.8) is 0 Å². The van der Waals surface area contributed by atoms with Gasteiger partial charge in [-0.25, -0.2) is 9.59 Å². The van der Waals surface area contributed by atoms with Crippen LogP contribution in [0, 0.1) is 0 Å². The first-order valence-corrected chi connectivity index (χ1v) is 11.2. The second kappa shape index (κ2) is 11.0. The van der Waals surface area contributed by atoms with Crippen molar-refractivity contribution in [1.29, 1.82) is 0 Å². The number of carbonyl (C=O) groups excluding carboxylic acids is 2. The van der Waals surface area contributed by atoms with Crippen molar-refractivity contribution in [1.82, 2.24) is 10.2 Å². The molecule has 0 bridgehead atoms. The first-order chi connectivity index (χ1) is 16.3. The van der Waals surface area contributed by atoms with E-state index in [0.29, 0.717) is 34.1 Å². The summed E-state index contributed by atoms with van der Waals surface area (Å²) in [6, 6.07) is 11.8. The summed E-state index contributed by atoms with van der Waals surface area (Å²) >= 11 is 0. The average molecular weight is 469 g/mol. The van der Waals surface area contributed by atoms with E-state index in [1.807, 2.05) is 24.3 Å². The number of esters is 1. The van der Waals surface area contributed by atoms with Crippen LogP contribution in [-0.4, -0.2) is 51.4 Å². The number of hydrogen-bond acceptors (Lipinski definition) is 6. The molecule has 0 saturated heterocycles. The normalized spacial score (nSPS) is 15.8. The van der Waals surface area contributed by atoms with Crippen LogP contribution >= 0.6 is 0 Å². The van der Waals surface area contributed by atoms with Crippen LogP contribution in [0.15, 0.2) is 53.7 Å². The molecule has 3 rings (SSSR count). The highest BCUT2D eigenvalue weighted by Crippen LogP contribution is 2.35. The van der Waals surface area contributed by atoms with Gasteiger partial charge in [-0.05, 0) is 42.2 Å². The molecule has 8 heteroatoms. The van der Waals surface area contributed by atoms with Gasteiger partial charge >= 0.3 is 12.0 Å². The Morgan fingerprint density at radius 2 is 1.74 bits per heavy atom. The number of para-hydroxylation sites is 1. The molecule has 2 aromatic carbocycles. The van der Waals surface area contributed by atoms with Crippen LogP contribution in [0.3, 0.4) is 0 Å². The molecule has 1 aliphatic rings. The van der Waals surface area contributed by atoms with Crippen LogP contribution in [0.4, 0.5) is 4.79 Å². The summed E-state index contributed by atoms with van der Waals surface area (Å²) in [7, 11) is 4.68. The number of urea groups is 1. The fourth-order valence-electron chi connectivity index (χ4n) is 3.86. The van der Waals surface area contributed by atoms with Crippen LogP contribution in [0.5, 0.6) is 17.2 Å². The number of carbonyl (C=O) groups is 2. The molecule has 0 fully saturated rings. The number of nitrogens with one attached hydrogen (secondary N) is 1. The number of rotatable bonds is 9. The minimum absolute atomic E-state index is 0.0133. The molecule has 1 N–H and O–H groups in total. The molecule has 0 aromatic heterocycles. The van der Waals surface area contributed by atoms with E-state index in [1.165, 1.54) is 4.90 Å². The lowest BCUT2D eigenvalue weighted by Gasteiger charge is -2.34. The van der Waals surface area contributed by atoms with Crippen molar-refractivity contribution in [2.75, 3.05) is 34.5 Å². The fraction of sp³-hybridized carbons (Fsp3) is 0.385. The van der Waals surface area contributed by atoms with Gasteiger partial charge in [0.1, 0.15) is 23.9 Å². The molecule has 0 spiro atoms. The SMILES string of the molecule is CCOC(=O)C1=C(COc2ccccc2C(C)C)N(C)C(=O)NC1c1cc(OC)cc(OC)c1. The molecule has 34 heavy (non-hydrogen) atoms. The predicted octanol–water partition coefficient (Wildman–Crippen LogP) is 4.42. The zero-order valence-electron chi connectivity index (χ0n) is 20.5. The van der Waals surface area contributed by atoms with Crippen LogP contribution in [0.1, 0.15) is 43.9 Å². The van der Waals surface area contributed by atoms with Crippen molar-refractivity contribution < 1.29 is 28.5 Å². The smallest absolute Gasteiger partial charge is 0.338 e. The zero-order chi connectivity index (χ0) is 24.8. The maximum absolute atomic E-state index is 13.2. The third kappa shape index (κ3) is 5.27. The summed E-state index contributed by atoms with van der Waals surface area (Å²) < 4.78 is 22.3. The Morgan fingerprint density at radius 3 is 2.32 bits per heavy atom. The molecule has 0 radical (unpaired) electrons. The molecule has 8 nitrogen and oxygen atoms in total. The van der Waals surface area contributed by atoms with Crippen molar-refractivity contribution in [2.24, 2.45) is 0 Å². The quantitative estimate of drug-likeness (QED) is 0.549. The third-order valence-electron chi connectivity index (χ3n) is 5.68. The van der Waals surface area contributed by atoms with E-state index in [2.05, 4.69) is 19.2 Å². The predicted molar refractivity (Wildman–Crippen MR) is 128 cm³/mol. The molecule has 2 amide bonds. The minimum atomic E-state index is -0.773. The van der Waals surface area contributed by atoms with Gasteiger partial charge in [-0.1, -0.05) is 32.0 Å². The highest BCUT2D eigenvalue weighted by atomic mass is 16.5. The molecular weight excluding hydrogens is 436 g/mol. The molecule has 2 aromatic rings. The standard InChI is InChI=1S/C26H32N2O6/c1-7-33-25(29)23-21(15-34-22-11-9-8-10-20(22)16(2)3)28(4)26(30)27-24(23)17-12-18(31-5)14-19(13-17)32-6/h8-14,16,24H,7,15H2,1-6H3,(H,27,30). The lowest BCUT2D eigenvalue weighted by atomic mass is 9.94. The molecule has 1 heterocycles. The van der Waals surface area contributed by atoms with Crippen molar-refractivity contribution in [3.8, 4) is 17.2 Å². The van der Waals surface area contributed by atoms with Gasteiger partial charge in [0.25, 0.3) is 0 Å². The second-order valence-electron chi connectivity index (χ2n) is 8.15. The first kappa shape index (κ1) is 25.0. The zero-order valence-corrected chi connectivity index (χ0v) is 20.5. The van der Waals surface area contributed by atoms with E-state index in [4.69, 9.17) is 18.9 Å². The number of benzene rings is 2. The Hall–Kier alpha value is -3.68. The average Bonchev–Trinajstić information content (AvgIpc) is 2.84. The van der Waals surface area contributed by atoms with Gasteiger partial charge in [0.2, 0.25) is 0 Å². The van der Waals surface area contributed by atoms with Crippen molar-refractivity contribution in [2.45, 2.75) is 32.7 Å². The molecule has 0 saturated carbocycles. The lowest BCUT2D eigenvalue weighted by Crippen LogP contribution is -2.48. The Labute approximate surface area is 200 Å². The van der Waals surface area contributed by atoms with E-state index < -0.39 is 12.0 Å². The summed E-state index contributed by atoms with van der Waals surface area (Å²) in [5, 5.41) is 2.89. The maximum atomic E-state index is 13.2. The van der Waals surface area contributed by atoms with Crippen LogP contribution in [-0.2, 0) is 9.53 Å². The highest BCUT2D eigenvalue weighted by Gasteiger charge is 2.37. The Bertz CT molecular complexity index is 1060. The lowest BCUT2D eigenvalue weighted by molar-refractivity contribution is -0.139. The van der Waals surface area contributed by atoms with Crippen molar-refractivity contribution in [3.05, 3.63) is 64.9 Å². The monoisotopic (exact) mass is 468 g/mol. The topological polar surface area (TPSA) is 86.3 Å². The summed E-state index contributed by atoms with van der Waals surface area (Å²) in [6.45, 7) is 6.11. The van der Waals surface area contributed by atoms with Crippen molar-refractivity contribution >= 4 is 12.0 Å². The van der Waals surface area contributed by atoms with E-state index >= 15 is 0 Å². The molecule has 1 unspecified atom stereocenters. The van der Waals surface area contributed by atoms with Gasteiger partial charge in [0.05, 0.1) is 38.1 Å². The second-order valence-corrected chi connectivity index (χ2v) is 8.15. The maximum Gasteiger partial charge on any atom is 0.338 e. The highest BCUT2D eigenvalue weighted by molar-refractivity contribution is 5.95. The third-order valence-corrected chi connectivity index (χ3v) is 5.68. The number of hydrogen-bond donors (Lipinski definition) is 1. The molecule has 1 atom stereocenters. The van der Waals surface area contributed by atoms with Gasteiger partial charge < -0.3 is 24.3 Å². The number of ether oxygens (including phenoxy) is 4. The fourth-order valence-corrected chi connectivity index (χ4v) is 3.86. The molecule has 0 aliphatic carbocycles. The minimum Gasteiger partial charge on any atom is -0.497 e. The van der Waals surface area contributed by atoms with Gasteiger partial charge in [0.15, 0.2) is 0 Å². The first-order valence-electron chi connectivity index (χ1n) is 11.2. The summed E-state index contributed by atoms with van der Waals surface area (Å²) in [6.07, 6.45) is 0. The molecule has 1 aliphatic heterocycles. The Balaban J connectivity index is 2.10. The number of nitrogens with zero attached hydrogens (tertiary/aromatic N) is 1. The Kier molecular flexibility index (Phi) is 8.04. The Morgan fingerprint density at radius 1 is 1.09 bits per heavy atom. The van der Waals surface area contributed by atoms with Gasteiger partial charge in [-0.3, -0.25) is 4.90 Å². The number of methoxy groups -OCH3 is 2. The van der Waals surface area contributed by atoms with Crippen LogP contribution in [0.2, 0.25) is 0 Å². The van der Waals surface area contributed by atoms with E-state index in [-0.39, 0.29) is 25.2 Å². The molecule has 182 valence electrons. The van der Waals surface area contributed by atoms with E-state index in [9.17, 15) is 9.59 Å².